The Labute approximate surface area is 119 Å². The lowest BCUT2D eigenvalue weighted by Gasteiger charge is -2.13. The Balaban J connectivity index is 2.17. The van der Waals surface area contributed by atoms with E-state index < -0.39 is 0 Å². The van der Waals surface area contributed by atoms with Crippen LogP contribution in [0.4, 0.5) is 5.69 Å². The van der Waals surface area contributed by atoms with Crippen LogP contribution in [-0.2, 0) is 6.42 Å². The van der Waals surface area contributed by atoms with Crippen LogP contribution in [0.2, 0.25) is 0 Å². The van der Waals surface area contributed by atoms with Crippen molar-refractivity contribution < 1.29 is 9.53 Å². The number of methoxy groups -OCH3 is 1. The van der Waals surface area contributed by atoms with Crippen LogP contribution in [0, 0.1) is 0 Å². The quantitative estimate of drug-likeness (QED) is 0.781. The number of nitrogens with zero attached hydrogens (tertiary/aromatic N) is 1. The van der Waals surface area contributed by atoms with E-state index in [-0.39, 0.29) is 5.78 Å². The van der Waals surface area contributed by atoms with Crippen molar-refractivity contribution in [2.75, 3.05) is 26.1 Å². The molecule has 0 aliphatic rings. The molecule has 0 spiro atoms. The zero-order valence-corrected chi connectivity index (χ0v) is 12.1. The first-order valence-electron chi connectivity index (χ1n) is 6.53. The van der Waals surface area contributed by atoms with Crippen LogP contribution >= 0.6 is 0 Å². The molecule has 0 bridgehead atoms. The molecule has 0 fully saturated rings. The molecule has 0 aromatic heterocycles. The number of carbonyl (C=O) groups excluding carboxylic acids is 1. The van der Waals surface area contributed by atoms with Gasteiger partial charge in [0.25, 0.3) is 0 Å². The average Bonchev–Trinajstić information content (AvgIpc) is 2.47. The van der Waals surface area contributed by atoms with Gasteiger partial charge in [-0.1, -0.05) is 24.3 Å². The molecular weight excluding hydrogens is 250 g/mol. The van der Waals surface area contributed by atoms with E-state index >= 15 is 0 Å². The highest BCUT2D eigenvalue weighted by molar-refractivity contribution is 5.98. The third kappa shape index (κ3) is 3.38. The van der Waals surface area contributed by atoms with Gasteiger partial charge in [0.15, 0.2) is 5.78 Å². The van der Waals surface area contributed by atoms with Crippen LogP contribution in [0.25, 0.3) is 0 Å². The number of hydrogen-bond donors (Lipinski definition) is 0. The van der Waals surface area contributed by atoms with Crippen molar-refractivity contribution in [3.05, 3.63) is 59.7 Å². The lowest BCUT2D eigenvalue weighted by molar-refractivity contribution is 0.0993. The Morgan fingerprint density at radius 2 is 1.85 bits per heavy atom. The number of ketones is 1. The molecule has 0 N–H and O–H groups in total. The molecule has 0 saturated heterocycles. The van der Waals surface area contributed by atoms with Gasteiger partial charge in [0, 0.05) is 31.8 Å². The lowest BCUT2D eigenvalue weighted by Crippen LogP contribution is -2.10. The summed E-state index contributed by atoms with van der Waals surface area (Å²) in [4.78, 5) is 14.3. The van der Waals surface area contributed by atoms with E-state index in [4.69, 9.17) is 4.74 Å². The number of benzene rings is 2. The third-order valence-electron chi connectivity index (χ3n) is 3.18. The van der Waals surface area contributed by atoms with Crippen molar-refractivity contribution in [1.29, 1.82) is 0 Å². The van der Waals surface area contributed by atoms with Crippen molar-refractivity contribution in [2.45, 2.75) is 6.42 Å². The molecule has 20 heavy (non-hydrogen) atoms. The molecule has 3 nitrogen and oxygen atoms in total. The predicted octanol–water partition coefficient (Wildman–Crippen LogP) is 3.19. The average molecular weight is 269 g/mol. The van der Waals surface area contributed by atoms with Gasteiger partial charge in [-0.2, -0.15) is 0 Å². The second-order valence-corrected chi connectivity index (χ2v) is 4.90. The minimum absolute atomic E-state index is 0.113. The minimum atomic E-state index is 0.113. The van der Waals surface area contributed by atoms with E-state index in [0.717, 1.165) is 22.6 Å². The Bertz CT molecular complexity index is 605. The SMILES string of the molecule is COc1cccc(CC(=O)c2cccc(N(C)C)c2)c1. The maximum Gasteiger partial charge on any atom is 0.167 e. The van der Waals surface area contributed by atoms with E-state index in [2.05, 4.69) is 0 Å². The van der Waals surface area contributed by atoms with E-state index in [1.165, 1.54) is 0 Å². The number of rotatable bonds is 5. The topological polar surface area (TPSA) is 29.5 Å². The van der Waals surface area contributed by atoms with Gasteiger partial charge in [-0.15, -0.1) is 0 Å². The summed E-state index contributed by atoms with van der Waals surface area (Å²) in [7, 11) is 5.55. The molecule has 0 heterocycles. The lowest BCUT2D eigenvalue weighted by atomic mass is 10.0. The number of Topliss-reactive ketones (excluding diaryl/α,β-unsaturated/α-hetero) is 1. The summed E-state index contributed by atoms with van der Waals surface area (Å²) in [6.45, 7) is 0. The standard InChI is InChI=1S/C17H19NO2/c1-18(2)15-8-5-7-14(12-15)17(19)11-13-6-4-9-16(10-13)20-3/h4-10,12H,11H2,1-3H3. The zero-order chi connectivity index (χ0) is 14.5. The molecule has 0 amide bonds. The molecule has 0 saturated carbocycles. The Hall–Kier alpha value is -2.29. The summed E-state index contributed by atoms with van der Waals surface area (Å²) in [6, 6.07) is 15.3. The molecular formula is C17H19NO2. The fourth-order valence-corrected chi connectivity index (χ4v) is 2.03. The van der Waals surface area contributed by atoms with Crippen LogP contribution in [0.1, 0.15) is 15.9 Å². The number of ether oxygens (including phenoxy) is 1. The van der Waals surface area contributed by atoms with Crippen LogP contribution in [-0.4, -0.2) is 27.0 Å². The fourth-order valence-electron chi connectivity index (χ4n) is 2.03. The molecule has 0 radical (unpaired) electrons. The second-order valence-electron chi connectivity index (χ2n) is 4.90. The van der Waals surface area contributed by atoms with E-state index in [1.54, 1.807) is 7.11 Å². The third-order valence-corrected chi connectivity index (χ3v) is 3.18. The summed E-state index contributed by atoms with van der Waals surface area (Å²) < 4.78 is 5.17. The van der Waals surface area contributed by atoms with Crippen LogP contribution in [0.3, 0.4) is 0 Å². The molecule has 104 valence electrons. The van der Waals surface area contributed by atoms with E-state index in [0.29, 0.717) is 6.42 Å². The number of hydrogen-bond acceptors (Lipinski definition) is 3. The van der Waals surface area contributed by atoms with Gasteiger partial charge in [0.1, 0.15) is 5.75 Å². The maximum atomic E-state index is 12.3. The van der Waals surface area contributed by atoms with E-state index in [9.17, 15) is 4.79 Å². The first-order valence-corrected chi connectivity index (χ1v) is 6.53. The highest BCUT2D eigenvalue weighted by Crippen LogP contribution is 2.17. The van der Waals surface area contributed by atoms with E-state index in [1.807, 2.05) is 67.5 Å². The molecule has 0 aliphatic carbocycles. The largest absolute Gasteiger partial charge is 0.497 e. The van der Waals surface area contributed by atoms with Crippen molar-refractivity contribution in [3.8, 4) is 5.75 Å². The summed E-state index contributed by atoms with van der Waals surface area (Å²) in [5.74, 6) is 0.888. The summed E-state index contributed by atoms with van der Waals surface area (Å²) in [5, 5.41) is 0. The van der Waals surface area contributed by atoms with Crippen molar-refractivity contribution in [1.82, 2.24) is 0 Å². The molecule has 3 heteroatoms. The van der Waals surface area contributed by atoms with Gasteiger partial charge >= 0.3 is 0 Å². The smallest absolute Gasteiger partial charge is 0.167 e. The van der Waals surface area contributed by atoms with Gasteiger partial charge in [-0.3, -0.25) is 4.79 Å². The number of carbonyl (C=O) groups is 1. The molecule has 0 atom stereocenters. The summed E-state index contributed by atoms with van der Waals surface area (Å²) in [6.07, 6.45) is 0.383. The molecule has 2 aromatic carbocycles. The molecule has 2 aromatic rings. The highest BCUT2D eigenvalue weighted by Gasteiger charge is 2.09. The van der Waals surface area contributed by atoms with Crippen molar-refractivity contribution >= 4 is 11.5 Å². The Morgan fingerprint density at radius 3 is 2.55 bits per heavy atom. The monoisotopic (exact) mass is 269 g/mol. The van der Waals surface area contributed by atoms with Crippen molar-refractivity contribution in [3.63, 3.8) is 0 Å². The maximum absolute atomic E-state index is 12.3. The molecule has 2 rings (SSSR count). The van der Waals surface area contributed by atoms with Crippen molar-refractivity contribution in [2.24, 2.45) is 0 Å². The highest BCUT2D eigenvalue weighted by atomic mass is 16.5. The molecule has 0 unspecified atom stereocenters. The van der Waals surface area contributed by atoms with Crippen LogP contribution in [0.15, 0.2) is 48.5 Å². The van der Waals surface area contributed by atoms with Gasteiger partial charge in [-0.25, -0.2) is 0 Å². The predicted molar refractivity (Wildman–Crippen MR) is 81.8 cm³/mol. The van der Waals surface area contributed by atoms with Gasteiger partial charge in [0.2, 0.25) is 0 Å². The Kier molecular flexibility index (Phi) is 4.41. The minimum Gasteiger partial charge on any atom is -0.497 e. The normalized spacial score (nSPS) is 10.2. The summed E-state index contributed by atoms with van der Waals surface area (Å²) >= 11 is 0. The van der Waals surface area contributed by atoms with Gasteiger partial charge in [0.05, 0.1) is 7.11 Å². The van der Waals surface area contributed by atoms with Crippen LogP contribution in [0.5, 0.6) is 5.75 Å². The van der Waals surface area contributed by atoms with Gasteiger partial charge in [-0.05, 0) is 29.8 Å². The number of anilines is 1. The first kappa shape index (κ1) is 14.1. The zero-order valence-electron chi connectivity index (χ0n) is 12.1. The van der Waals surface area contributed by atoms with Gasteiger partial charge < -0.3 is 9.64 Å². The van der Waals surface area contributed by atoms with Crippen LogP contribution < -0.4 is 9.64 Å². The summed E-state index contributed by atoms with van der Waals surface area (Å²) in [5.41, 5.74) is 2.73. The fraction of sp³-hybridized carbons (Fsp3) is 0.235. The second kappa shape index (κ2) is 6.24. The first-order chi connectivity index (χ1) is 9.60. The Morgan fingerprint density at radius 1 is 1.10 bits per heavy atom. The molecule has 0 aliphatic heterocycles.